The molecule has 0 fully saturated rings. The number of carbonyl (C=O) groups is 2. The minimum atomic E-state index is -0.588. The van der Waals surface area contributed by atoms with Gasteiger partial charge in [0.2, 0.25) is 11.7 Å². The molecule has 0 radical (unpaired) electrons. The molecule has 0 aliphatic heterocycles. The fourth-order valence-electron chi connectivity index (χ4n) is 3.88. The zero-order valence-corrected chi connectivity index (χ0v) is 20.3. The number of rotatable bonds is 11. The van der Waals surface area contributed by atoms with E-state index in [2.05, 4.69) is 25.9 Å². The Hall–Kier alpha value is -4.09. The molecule has 36 heavy (non-hydrogen) atoms. The van der Waals surface area contributed by atoms with Crippen molar-refractivity contribution in [1.82, 2.24) is 19.9 Å². The molecule has 1 atom stereocenters. The highest BCUT2D eigenvalue weighted by atomic mass is 16.6. The molecule has 0 aliphatic rings. The van der Waals surface area contributed by atoms with Gasteiger partial charge in [0, 0.05) is 24.3 Å². The molecule has 2 heterocycles. The Morgan fingerprint density at radius 3 is 2.56 bits per heavy atom. The molecule has 188 valence electrons. The fraction of sp³-hybridized carbons (Fsp3) is 0.320. The fourth-order valence-corrected chi connectivity index (χ4v) is 3.88. The maximum absolute atomic E-state index is 13.2. The first-order valence-electron chi connectivity index (χ1n) is 11.8. The quantitative estimate of drug-likeness (QED) is 0.231. The van der Waals surface area contributed by atoms with Gasteiger partial charge in [-0.2, -0.15) is 0 Å². The van der Waals surface area contributed by atoms with Crippen LogP contribution in [-0.4, -0.2) is 50.7 Å². The average Bonchev–Trinajstić information content (AvgIpc) is 3.47. The minimum Gasteiger partial charge on any atom is -0.364 e. The van der Waals surface area contributed by atoms with E-state index in [1.807, 2.05) is 38.1 Å². The summed E-state index contributed by atoms with van der Waals surface area (Å²) in [4.78, 5) is 30.2. The molecule has 4 aromatic rings. The lowest BCUT2D eigenvalue weighted by molar-refractivity contribution is -0.117. The van der Waals surface area contributed by atoms with Crippen LogP contribution in [0.25, 0.3) is 22.6 Å². The zero-order valence-electron chi connectivity index (χ0n) is 20.3. The number of hydrogen-bond donors (Lipinski definition) is 4. The molecule has 0 saturated heterocycles. The van der Waals surface area contributed by atoms with Gasteiger partial charge in [0.1, 0.15) is 0 Å². The highest BCUT2D eigenvalue weighted by Crippen LogP contribution is 2.28. The number of Topliss-reactive ketones (excluding diaryl/α,β-unsaturated/α-hetero) is 1. The van der Waals surface area contributed by atoms with Crippen molar-refractivity contribution < 1.29 is 14.2 Å². The molecule has 0 aliphatic carbocycles. The molecule has 0 saturated carbocycles. The van der Waals surface area contributed by atoms with Crippen LogP contribution < -0.4 is 22.1 Å². The van der Waals surface area contributed by atoms with Crippen LogP contribution in [0.3, 0.4) is 0 Å². The number of nitrogens with two attached hydrogens (primary N) is 2. The summed E-state index contributed by atoms with van der Waals surface area (Å²) >= 11 is 0. The van der Waals surface area contributed by atoms with Gasteiger partial charge in [-0.15, -0.1) is 0 Å². The summed E-state index contributed by atoms with van der Waals surface area (Å²) < 4.78 is 6.72. The highest BCUT2D eigenvalue weighted by molar-refractivity contribution is 5.99. The Morgan fingerprint density at radius 1 is 1.08 bits per heavy atom. The lowest BCUT2D eigenvalue weighted by Crippen LogP contribution is -2.36. The first-order chi connectivity index (χ1) is 17.4. The highest BCUT2D eigenvalue weighted by Gasteiger charge is 2.22. The topological polar surface area (TPSA) is 167 Å². The summed E-state index contributed by atoms with van der Waals surface area (Å²) in [6, 6.07) is 13.7. The van der Waals surface area contributed by atoms with Crippen molar-refractivity contribution in [3.8, 4) is 11.5 Å². The number of aromatic nitrogens is 4. The van der Waals surface area contributed by atoms with E-state index < -0.39 is 6.04 Å². The molecular weight excluding hydrogens is 460 g/mol. The number of amides is 1. The van der Waals surface area contributed by atoms with Crippen LogP contribution in [0.15, 0.2) is 53.2 Å². The third kappa shape index (κ3) is 5.58. The Kier molecular flexibility index (Phi) is 7.71. The number of hydrogen-bond acceptors (Lipinski definition) is 9. The molecule has 11 heteroatoms. The molecule has 4 rings (SSSR count). The van der Waals surface area contributed by atoms with E-state index in [1.165, 1.54) is 0 Å². The van der Waals surface area contributed by atoms with Gasteiger partial charge in [0.15, 0.2) is 17.3 Å². The van der Waals surface area contributed by atoms with Gasteiger partial charge < -0.3 is 26.7 Å². The van der Waals surface area contributed by atoms with E-state index in [0.717, 1.165) is 5.52 Å². The van der Waals surface area contributed by atoms with Crippen molar-refractivity contribution in [2.24, 2.45) is 17.4 Å². The maximum atomic E-state index is 13.2. The second-order valence-corrected chi connectivity index (χ2v) is 8.91. The SMILES string of the molecule is CC(C)C[C@H](N)C(=O)Nc1ccc(C(=O)Cn2c(-c3nonc3NCCN)nc3ccccc32)cc1. The van der Waals surface area contributed by atoms with Crippen LogP contribution in [0.2, 0.25) is 0 Å². The van der Waals surface area contributed by atoms with Crippen LogP contribution in [0.5, 0.6) is 0 Å². The summed E-state index contributed by atoms with van der Waals surface area (Å²) in [5.74, 6) is 0.781. The van der Waals surface area contributed by atoms with Crippen LogP contribution in [0.4, 0.5) is 11.5 Å². The second kappa shape index (κ2) is 11.1. The van der Waals surface area contributed by atoms with Gasteiger partial charge in [0.05, 0.1) is 23.6 Å². The van der Waals surface area contributed by atoms with E-state index in [9.17, 15) is 9.59 Å². The summed E-state index contributed by atoms with van der Waals surface area (Å²) in [6.45, 7) is 4.93. The van der Waals surface area contributed by atoms with Crippen LogP contribution in [0, 0.1) is 5.92 Å². The van der Waals surface area contributed by atoms with E-state index >= 15 is 0 Å². The summed E-state index contributed by atoms with van der Waals surface area (Å²) in [5.41, 5.74) is 14.5. The Balaban J connectivity index is 1.56. The number of fused-ring (bicyclic) bond motifs is 1. The van der Waals surface area contributed by atoms with Gasteiger partial charge in [0.25, 0.3) is 0 Å². The summed E-state index contributed by atoms with van der Waals surface area (Å²) in [7, 11) is 0. The summed E-state index contributed by atoms with van der Waals surface area (Å²) in [6.07, 6.45) is 0.591. The predicted molar refractivity (Wildman–Crippen MR) is 137 cm³/mol. The monoisotopic (exact) mass is 490 g/mol. The predicted octanol–water partition coefficient (Wildman–Crippen LogP) is 2.65. The first-order valence-corrected chi connectivity index (χ1v) is 11.8. The van der Waals surface area contributed by atoms with Crippen molar-refractivity contribution in [3.63, 3.8) is 0 Å². The Bertz CT molecular complexity index is 1340. The molecule has 0 unspecified atom stereocenters. The van der Waals surface area contributed by atoms with Crippen molar-refractivity contribution in [3.05, 3.63) is 54.1 Å². The zero-order chi connectivity index (χ0) is 25.7. The van der Waals surface area contributed by atoms with E-state index in [0.29, 0.717) is 59.5 Å². The van der Waals surface area contributed by atoms with E-state index in [-0.39, 0.29) is 18.2 Å². The third-order valence-electron chi connectivity index (χ3n) is 5.63. The van der Waals surface area contributed by atoms with E-state index in [4.69, 9.17) is 16.1 Å². The molecule has 2 aromatic carbocycles. The largest absolute Gasteiger partial charge is 0.364 e. The lowest BCUT2D eigenvalue weighted by atomic mass is 10.0. The van der Waals surface area contributed by atoms with Crippen LogP contribution in [-0.2, 0) is 11.3 Å². The number of carbonyl (C=O) groups excluding carboxylic acids is 2. The average molecular weight is 491 g/mol. The van der Waals surface area contributed by atoms with Crippen LogP contribution >= 0.6 is 0 Å². The number of nitrogens with one attached hydrogen (secondary N) is 2. The smallest absolute Gasteiger partial charge is 0.241 e. The van der Waals surface area contributed by atoms with Gasteiger partial charge in [-0.25, -0.2) is 9.61 Å². The molecule has 2 aromatic heterocycles. The van der Waals surface area contributed by atoms with Crippen molar-refractivity contribution in [1.29, 1.82) is 0 Å². The molecule has 0 spiro atoms. The van der Waals surface area contributed by atoms with Gasteiger partial charge >= 0.3 is 0 Å². The Morgan fingerprint density at radius 2 is 1.83 bits per heavy atom. The number of benzene rings is 2. The number of nitrogens with zero attached hydrogens (tertiary/aromatic N) is 4. The van der Waals surface area contributed by atoms with Crippen molar-refractivity contribution in [2.75, 3.05) is 23.7 Å². The van der Waals surface area contributed by atoms with Crippen LogP contribution in [0.1, 0.15) is 30.6 Å². The maximum Gasteiger partial charge on any atom is 0.241 e. The van der Waals surface area contributed by atoms with Gasteiger partial charge in [-0.1, -0.05) is 26.0 Å². The lowest BCUT2D eigenvalue weighted by Gasteiger charge is -2.14. The molecule has 11 nitrogen and oxygen atoms in total. The molecule has 1 amide bonds. The van der Waals surface area contributed by atoms with Crippen molar-refractivity contribution in [2.45, 2.75) is 32.9 Å². The van der Waals surface area contributed by atoms with Gasteiger partial charge in [-0.05, 0) is 59.1 Å². The van der Waals surface area contributed by atoms with Gasteiger partial charge in [-0.3, -0.25) is 9.59 Å². The second-order valence-electron chi connectivity index (χ2n) is 8.91. The summed E-state index contributed by atoms with van der Waals surface area (Å²) in [5, 5.41) is 13.8. The minimum absolute atomic E-state index is 0.0179. The normalized spacial score (nSPS) is 12.1. The number of imidazole rings is 1. The molecule has 0 bridgehead atoms. The van der Waals surface area contributed by atoms with E-state index in [1.54, 1.807) is 28.8 Å². The number of para-hydroxylation sites is 2. The molecular formula is C25H30N8O3. The van der Waals surface area contributed by atoms with Crippen molar-refractivity contribution >= 4 is 34.2 Å². The Labute approximate surface area is 208 Å². The standard InChI is InChI=1S/C25H30N8O3/c1-15(2)13-18(27)25(35)29-17-9-7-16(8-10-17)21(34)14-33-20-6-4-3-5-19(20)30-24(33)22-23(28-12-11-26)32-36-31-22/h3-10,15,18H,11-14,26-27H2,1-2H3,(H,28,32)(H,29,35)/t18-/m0/s1. The number of ketones is 1. The third-order valence-corrected chi connectivity index (χ3v) is 5.63. The molecule has 6 N–H and O–H groups in total. The number of anilines is 2. The first kappa shape index (κ1) is 25.0.